The van der Waals surface area contributed by atoms with Gasteiger partial charge >= 0.3 is 0 Å². The van der Waals surface area contributed by atoms with Crippen molar-refractivity contribution in [1.29, 1.82) is 0 Å². The Morgan fingerprint density at radius 2 is 2.12 bits per heavy atom. The molecule has 96 valence electrons. The first-order valence-electron chi connectivity index (χ1n) is 5.78. The van der Waals surface area contributed by atoms with E-state index in [0.717, 1.165) is 17.0 Å². The number of hydrogen-bond donors (Lipinski definition) is 2. The third kappa shape index (κ3) is 3.51. The summed E-state index contributed by atoms with van der Waals surface area (Å²) in [6.07, 6.45) is 0.879. The molecule has 0 aliphatic carbocycles. The van der Waals surface area contributed by atoms with Gasteiger partial charge in [-0.25, -0.2) is 4.98 Å². The summed E-state index contributed by atoms with van der Waals surface area (Å²) < 4.78 is 0. The molecule has 1 rings (SSSR count). The normalized spacial score (nSPS) is 13.5. The van der Waals surface area contributed by atoms with Crippen LogP contribution in [0.5, 0.6) is 0 Å². The van der Waals surface area contributed by atoms with Crippen molar-refractivity contribution in [3.63, 3.8) is 0 Å². The van der Waals surface area contributed by atoms with Gasteiger partial charge in [0.05, 0.1) is 11.7 Å². The first kappa shape index (κ1) is 14.1. The number of amides is 1. The second-order valence-electron chi connectivity index (χ2n) is 5.21. The van der Waals surface area contributed by atoms with Gasteiger partial charge in [-0.15, -0.1) is 11.3 Å². The summed E-state index contributed by atoms with van der Waals surface area (Å²) in [7, 11) is 0. The highest BCUT2D eigenvalue weighted by Gasteiger charge is 2.28. The van der Waals surface area contributed by atoms with E-state index in [9.17, 15) is 4.79 Å². The number of hydrogen-bond acceptors (Lipinski definition) is 4. The van der Waals surface area contributed by atoms with E-state index in [0.29, 0.717) is 5.13 Å². The number of thiazole rings is 1. The molecule has 0 bridgehead atoms. The number of aromatic nitrogens is 1. The fraction of sp³-hybridized carbons (Fsp3) is 0.667. The highest BCUT2D eigenvalue weighted by atomic mass is 32.1. The molecule has 0 saturated carbocycles. The van der Waals surface area contributed by atoms with Gasteiger partial charge in [-0.2, -0.15) is 0 Å². The number of aryl methyl sites for hydroxylation is 2. The predicted octanol–water partition coefficient (Wildman–Crippen LogP) is 2.33. The van der Waals surface area contributed by atoms with Crippen molar-refractivity contribution in [3.05, 3.63) is 10.6 Å². The molecular formula is C12H21N3OS. The summed E-state index contributed by atoms with van der Waals surface area (Å²) in [5, 5.41) is 3.43. The molecule has 4 nitrogen and oxygen atoms in total. The van der Waals surface area contributed by atoms with Crippen LogP contribution in [0.25, 0.3) is 0 Å². The summed E-state index contributed by atoms with van der Waals surface area (Å²) in [6.45, 7) is 9.90. The van der Waals surface area contributed by atoms with Crippen molar-refractivity contribution in [1.82, 2.24) is 4.98 Å². The highest BCUT2D eigenvalue weighted by Crippen LogP contribution is 2.24. The molecule has 1 atom stereocenters. The molecule has 0 fully saturated rings. The van der Waals surface area contributed by atoms with Crippen LogP contribution in [0.3, 0.4) is 0 Å². The van der Waals surface area contributed by atoms with Crippen LogP contribution in [0.2, 0.25) is 0 Å². The maximum absolute atomic E-state index is 11.9. The minimum Gasteiger partial charge on any atom is -0.319 e. The average Bonchev–Trinajstić information content (AvgIpc) is 2.56. The van der Waals surface area contributed by atoms with Crippen LogP contribution in [-0.2, 0) is 11.2 Å². The maximum Gasteiger partial charge on any atom is 0.243 e. The Bertz CT molecular complexity index is 406. The van der Waals surface area contributed by atoms with E-state index in [1.165, 1.54) is 11.3 Å². The van der Waals surface area contributed by atoms with Gasteiger partial charge in [0.1, 0.15) is 0 Å². The molecule has 0 radical (unpaired) electrons. The van der Waals surface area contributed by atoms with Crippen LogP contribution in [0.15, 0.2) is 0 Å². The number of rotatable bonds is 3. The smallest absolute Gasteiger partial charge is 0.243 e. The van der Waals surface area contributed by atoms with Gasteiger partial charge in [0.15, 0.2) is 5.13 Å². The molecule has 17 heavy (non-hydrogen) atoms. The molecule has 3 N–H and O–H groups in total. The Morgan fingerprint density at radius 1 is 1.53 bits per heavy atom. The second-order valence-corrected chi connectivity index (χ2v) is 6.41. The number of anilines is 1. The van der Waals surface area contributed by atoms with Crippen molar-refractivity contribution >= 4 is 22.4 Å². The van der Waals surface area contributed by atoms with Gasteiger partial charge in [0.25, 0.3) is 0 Å². The van der Waals surface area contributed by atoms with E-state index >= 15 is 0 Å². The fourth-order valence-corrected chi connectivity index (χ4v) is 2.29. The largest absolute Gasteiger partial charge is 0.319 e. The Kier molecular flexibility index (Phi) is 4.27. The third-order valence-electron chi connectivity index (χ3n) is 2.67. The highest BCUT2D eigenvalue weighted by molar-refractivity contribution is 7.15. The van der Waals surface area contributed by atoms with Crippen LogP contribution in [0, 0.1) is 12.3 Å². The monoisotopic (exact) mass is 255 g/mol. The molecule has 1 heterocycles. The second kappa shape index (κ2) is 5.14. The van der Waals surface area contributed by atoms with Crippen molar-refractivity contribution in [3.8, 4) is 0 Å². The van der Waals surface area contributed by atoms with Gasteiger partial charge in [-0.3, -0.25) is 4.79 Å². The quantitative estimate of drug-likeness (QED) is 0.871. The van der Waals surface area contributed by atoms with Crippen molar-refractivity contribution < 1.29 is 4.79 Å². The SMILES string of the molecule is CCc1nc(NC(=O)[C@@H](N)C(C)(C)C)sc1C. The Labute approximate surface area is 107 Å². The zero-order valence-electron chi connectivity index (χ0n) is 11.1. The van der Waals surface area contributed by atoms with Gasteiger partial charge < -0.3 is 11.1 Å². The Balaban J connectivity index is 2.74. The lowest BCUT2D eigenvalue weighted by Gasteiger charge is -2.25. The fourth-order valence-electron chi connectivity index (χ4n) is 1.39. The van der Waals surface area contributed by atoms with E-state index in [4.69, 9.17) is 5.73 Å². The zero-order valence-corrected chi connectivity index (χ0v) is 11.9. The first-order chi connectivity index (χ1) is 7.75. The lowest BCUT2D eigenvalue weighted by molar-refractivity contribution is -0.119. The first-order valence-corrected chi connectivity index (χ1v) is 6.60. The van der Waals surface area contributed by atoms with Crippen LogP contribution < -0.4 is 11.1 Å². The van der Waals surface area contributed by atoms with Gasteiger partial charge in [0.2, 0.25) is 5.91 Å². The Hall–Kier alpha value is -0.940. The van der Waals surface area contributed by atoms with Gasteiger partial charge in [-0.1, -0.05) is 27.7 Å². The molecule has 1 aromatic rings. The van der Waals surface area contributed by atoms with Crippen molar-refractivity contribution in [2.75, 3.05) is 5.32 Å². The molecule has 1 aromatic heterocycles. The van der Waals surface area contributed by atoms with E-state index in [2.05, 4.69) is 17.2 Å². The van der Waals surface area contributed by atoms with E-state index in [1.807, 2.05) is 27.7 Å². The average molecular weight is 255 g/mol. The molecule has 0 unspecified atom stereocenters. The molecule has 0 aliphatic rings. The summed E-state index contributed by atoms with van der Waals surface area (Å²) in [5.41, 5.74) is 6.67. The van der Waals surface area contributed by atoms with Gasteiger partial charge in [-0.05, 0) is 18.8 Å². The molecular weight excluding hydrogens is 234 g/mol. The number of carbonyl (C=O) groups is 1. The van der Waals surface area contributed by atoms with Crippen LogP contribution in [0.1, 0.15) is 38.3 Å². The lowest BCUT2D eigenvalue weighted by atomic mass is 9.87. The van der Waals surface area contributed by atoms with Crippen molar-refractivity contribution in [2.45, 2.75) is 47.1 Å². The number of nitrogens with zero attached hydrogens (tertiary/aromatic N) is 1. The molecule has 5 heteroatoms. The summed E-state index contributed by atoms with van der Waals surface area (Å²) in [5.74, 6) is -0.172. The van der Waals surface area contributed by atoms with Crippen molar-refractivity contribution in [2.24, 2.45) is 11.1 Å². The lowest BCUT2D eigenvalue weighted by Crippen LogP contribution is -2.45. The predicted molar refractivity (Wildman–Crippen MR) is 72.3 cm³/mol. The van der Waals surface area contributed by atoms with E-state index in [-0.39, 0.29) is 11.3 Å². The van der Waals surface area contributed by atoms with Crippen LogP contribution in [0.4, 0.5) is 5.13 Å². The summed E-state index contributed by atoms with van der Waals surface area (Å²) in [6, 6.07) is -0.531. The summed E-state index contributed by atoms with van der Waals surface area (Å²) >= 11 is 1.50. The number of nitrogens with one attached hydrogen (secondary N) is 1. The number of nitrogens with two attached hydrogens (primary N) is 1. The van der Waals surface area contributed by atoms with Gasteiger partial charge in [0, 0.05) is 4.88 Å². The summed E-state index contributed by atoms with van der Waals surface area (Å²) in [4.78, 5) is 17.4. The number of carbonyl (C=O) groups excluding carboxylic acids is 1. The molecule has 1 amide bonds. The Morgan fingerprint density at radius 3 is 2.53 bits per heavy atom. The molecule has 0 aliphatic heterocycles. The molecule has 0 spiro atoms. The molecule has 0 saturated heterocycles. The van der Waals surface area contributed by atoms with E-state index < -0.39 is 6.04 Å². The zero-order chi connectivity index (χ0) is 13.2. The van der Waals surface area contributed by atoms with Crippen LogP contribution in [-0.4, -0.2) is 16.9 Å². The molecule has 0 aromatic carbocycles. The third-order valence-corrected chi connectivity index (χ3v) is 3.60. The maximum atomic E-state index is 11.9. The topological polar surface area (TPSA) is 68.0 Å². The standard InChI is InChI=1S/C12H21N3OS/c1-6-8-7(2)17-11(14-8)15-10(16)9(13)12(3,4)5/h9H,6,13H2,1-5H3,(H,14,15,16)/t9-/m1/s1. The minimum absolute atomic E-state index is 0.172. The van der Waals surface area contributed by atoms with E-state index in [1.54, 1.807) is 0 Å². The van der Waals surface area contributed by atoms with Crippen LogP contribution >= 0.6 is 11.3 Å². The minimum atomic E-state index is -0.531.